The van der Waals surface area contributed by atoms with E-state index in [0.29, 0.717) is 29.4 Å². The van der Waals surface area contributed by atoms with Gasteiger partial charge in [0.1, 0.15) is 12.7 Å². The SMILES string of the molecule is O=C(NC[C@H]1COc2ccccc2O1)c1ccc(NC(=O)c2ccc([N+](=O)[O-])cc2)cc1. The first kappa shape index (κ1) is 20.9. The monoisotopic (exact) mass is 433 g/mol. The summed E-state index contributed by atoms with van der Waals surface area (Å²) < 4.78 is 11.5. The van der Waals surface area contributed by atoms with E-state index in [1.165, 1.54) is 24.3 Å². The van der Waals surface area contributed by atoms with Gasteiger partial charge in [0.25, 0.3) is 17.5 Å². The molecular weight excluding hydrogens is 414 g/mol. The number of hydrogen-bond acceptors (Lipinski definition) is 6. The highest BCUT2D eigenvalue weighted by Crippen LogP contribution is 2.30. The van der Waals surface area contributed by atoms with Crippen molar-refractivity contribution in [2.75, 3.05) is 18.5 Å². The fourth-order valence-electron chi connectivity index (χ4n) is 3.11. The molecule has 0 saturated heterocycles. The van der Waals surface area contributed by atoms with Crippen LogP contribution in [0.15, 0.2) is 72.8 Å². The highest BCUT2D eigenvalue weighted by Gasteiger charge is 2.21. The summed E-state index contributed by atoms with van der Waals surface area (Å²) in [6, 6.07) is 19.0. The molecule has 2 amide bonds. The number of ether oxygens (including phenoxy) is 2. The van der Waals surface area contributed by atoms with E-state index in [2.05, 4.69) is 10.6 Å². The van der Waals surface area contributed by atoms with E-state index in [9.17, 15) is 19.7 Å². The molecular formula is C23H19N3O6. The number of hydrogen-bond donors (Lipinski definition) is 2. The summed E-state index contributed by atoms with van der Waals surface area (Å²) in [6.07, 6.45) is -0.297. The van der Waals surface area contributed by atoms with Gasteiger partial charge in [-0.2, -0.15) is 0 Å². The summed E-state index contributed by atoms with van der Waals surface area (Å²) in [5.74, 6) is 0.639. The van der Waals surface area contributed by atoms with E-state index >= 15 is 0 Å². The minimum atomic E-state index is -0.530. The number of nitrogens with one attached hydrogen (secondary N) is 2. The third-order valence-corrected chi connectivity index (χ3v) is 4.80. The topological polar surface area (TPSA) is 120 Å². The van der Waals surface area contributed by atoms with Crippen molar-refractivity contribution in [3.05, 3.63) is 94.0 Å². The molecule has 1 aliphatic heterocycles. The Morgan fingerprint density at radius 1 is 0.906 bits per heavy atom. The Morgan fingerprint density at radius 3 is 2.22 bits per heavy atom. The molecule has 3 aromatic carbocycles. The fourth-order valence-corrected chi connectivity index (χ4v) is 3.11. The van der Waals surface area contributed by atoms with Crippen LogP contribution in [0.1, 0.15) is 20.7 Å². The lowest BCUT2D eigenvalue weighted by Gasteiger charge is -2.26. The molecule has 0 fully saturated rings. The van der Waals surface area contributed by atoms with Crippen molar-refractivity contribution in [2.45, 2.75) is 6.10 Å². The molecule has 9 heteroatoms. The Balaban J connectivity index is 1.30. The van der Waals surface area contributed by atoms with Crippen LogP contribution < -0.4 is 20.1 Å². The summed E-state index contributed by atoms with van der Waals surface area (Å²) in [7, 11) is 0. The zero-order chi connectivity index (χ0) is 22.5. The van der Waals surface area contributed by atoms with Gasteiger partial charge in [-0.05, 0) is 48.5 Å². The second-order valence-electron chi connectivity index (χ2n) is 7.04. The Kier molecular flexibility index (Phi) is 5.98. The number of carbonyl (C=O) groups is 2. The maximum Gasteiger partial charge on any atom is 0.269 e. The lowest BCUT2D eigenvalue weighted by Crippen LogP contribution is -2.40. The number of carbonyl (C=O) groups excluding carboxylic acids is 2. The van der Waals surface area contributed by atoms with Crippen LogP contribution in [0, 0.1) is 10.1 Å². The predicted molar refractivity (Wildman–Crippen MR) is 116 cm³/mol. The van der Waals surface area contributed by atoms with Crippen LogP contribution in [-0.4, -0.2) is 36.0 Å². The molecule has 9 nitrogen and oxygen atoms in total. The van der Waals surface area contributed by atoms with E-state index in [1.807, 2.05) is 24.3 Å². The van der Waals surface area contributed by atoms with Gasteiger partial charge in [0.15, 0.2) is 11.5 Å². The average Bonchev–Trinajstić information content (AvgIpc) is 2.83. The normalized spacial score (nSPS) is 14.3. The largest absolute Gasteiger partial charge is 0.486 e. The number of fused-ring (bicyclic) bond motifs is 1. The lowest BCUT2D eigenvalue weighted by atomic mass is 10.1. The molecule has 0 saturated carbocycles. The van der Waals surface area contributed by atoms with Crippen LogP contribution in [0.25, 0.3) is 0 Å². The Morgan fingerprint density at radius 2 is 1.53 bits per heavy atom. The van der Waals surface area contributed by atoms with Crippen molar-refractivity contribution in [3.63, 3.8) is 0 Å². The molecule has 0 bridgehead atoms. The molecule has 0 spiro atoms. The number of amides is 2. The van der Waals surface area contributed by atoms with Crippen LogP contribution in [0.5, 0.6) is 11.5 Å². The second kappa shape index (κ2) is 9.17. The number of para-hydroxylation sites is 2. The van der Waals surface area contributed by atoms with Crippen LogP contribution in [0.4, 0.5) is 11.4 Å². The highest BCUT2D eigenvalue weighted by molar-refractivity contribution is 6.04. The zero-order valence-corrected chi connectivity index (χ0v) is 16.8. The first-order valence-electron chi connectivity index (χ1n) is 9.82. The molecule has 0 aliphatic carbocycles. The van der Waals surface area contributed by atoms with Gasteiger partial charge in [0.05, 0.1) is 11.5 Å². The number of benzene rings is 3. The third kappa shape index (κ3) is 4.84. The Hall–Kier alpha value is -4.40. The molecule has 1 aliphatic rings. The Bertz CT molecular complexity index is 1150. The molecule has 0 radical (unpaired) electrons. The minimum absolute atomic E-state index is 0.0914. The molecule has 1 heterocycles. The van der Waals surface area contributed by atoms with E-state index in [4.69, 9.17) is 9.47 Å². The summed E-state index contributed by atoms with van der Waals surface area (Å²) in [5, 5.41) is 16.2. The van der Waals surface area contributed by atoms with Gasteiger partial charge in [0, 0.05) is 28.9 Å². The van der Waals surface area contributed by atoms with Gasteiger partial charge < -0.3 is 20.1 Å². The van der Waals surface area contributed by atoms with Gasteiger partial charge in [-0.3, -0.25) is 19.7 Å². The van der Waals surface area contributed by atoms with Crippen LogP contribution >= 0.6 is 0 Å². The number of non-ortho nitro benzene ring substituents is 1. The van der Waals surface area contributed by atoms with Crippen molar-refractivity contribution in [1.82, 2.24) is 5.32 Å². The molecule has 3 aromatic rings. The molecule has 4 rings (SSSR count). The van der Waals surface area contributed by atoms with Crippen LogP contribution in [0.2, 0.25) is 0 Å². The third-order valence-electron chi connectivity index (χ3n) is 4.80. The van der Waals surface area contributed by atoms with Gasteiger partial charge >= 0.3 is 0 Å². The van der Waals surface area contributed by atoms with Crippen molar-refractivity contribution in [3.8, 4) is 11.5 Å². The number of nitrogens with zero attached hydrogens (tertiary/aromatic N) is 1. The first-order chi connectivity index (χ1) is 15.5. The number of nitro benzene ring substituents is 1. The standard InChI is InChI=1S/C23H19N3O6/c27-22(24-13-19-14-31-20-3-1-2-4-21(20)32-19)15-5-9-17(10-6-15)25-23(28)16-7-11-18(12-8-16)26(29)30/h1-12,19H,13-14H2,(H,24,27)(H,25,28)/t19-/m0/s1. The summed E-state index contributed by atoms with van der Waals surface area (Å²) in [6.45, 7) is 0.622. The van der Waals surface area contributed by atoms with Crippen molar-refractivity contribution in [2.24, 2.45) is 0 Å². The van der Waals surface area contributed by atoms with E-state index in [0.717, 1.165) is 0 Å². The van der Waals surface area contributed by atoms with Gasteiger partial charge in [0.2, 0.25) is 0 Å². The number of anilines is 1. The van der Waals surface area contributed by atoms with Crippen molar-refractivity contribution < 1.29 is 24.0 Å². The smallest absolute Gasteiger partial charge is 0.269 e. The molecule has 0 aromatic heterocycles. The van der Waals surface area contributed by atoms with Crippen molar-refractivity contribution >= 4 is 23.2 Å². The minimum Gasteiger partial charge on any atom is -0.486 e. The van der Waals surface area contributed by atoms with Gasteiger partial charge in [-0.25, -0.2) is 0 Å². The van der Waals surface area contributed by atoms with Crippen LogP contribution in [-0.2, 0) is 0 Å². The summed E-state index contributed by atoms with van der Waals surface area (Å²) >= 11 is 0. The number of nitro groups is 1. The summed E-state index contributed by atoms with van der Waals surface area (Å²) in [5.41, 5.74) is 1.11. The van der Waals surface area contributed by atoms with Gasteiger partial charge in [-0.15, -0.1) is 0 Å². The van der Waals surface area contributed by atoms with Crippen LogP contribution in [0.3, 0.4) is 0 Å². The van der Waals surface area contributed by atoms with Gasteiger partial charge in [-0.1, -0.05) is 12.1 Å². The lowest BCUT2D eigenvalue weighted by molar-refractivity contribution is -0.384. The highest BCUT2D eigenvalue weighted by atomic mass is 16.6. The van der Waals surface area contributed by atoms with Crippen molar-refractivity contribution in [1.29, 1.82) is 0 Å². The number of rotatable bonds is 6. The van der Waals surface area contributed by atoms with E-state index in [-0.39, 0.29) is 29.8 Å². The summed E-state index contributed by atoms with van der Waals surface area (Å²) in [4.78, 5) is 34.9. The average molecular weight is 433 g/mol. The molecule has 162 valence electrons. The van der Waals surface area contributed by atoms with E-state index in [1.54, 1.807) is 24.3 Å². The first-order valence-corrected chi connectivity index (χ1v) is 9.82. The molecule has 2 N–H and O–H groups in total. The maximum atomic E-state index is 12.4. The van der Waals surface area contributed by atoms with E-state index < -0.39 is 10.8 Å². The predicted octanol–water partition coefficient (Wildman–Crippen LogP) is 3.42. The molecule has 0 unspecified atom stereocenters. The zero-order valence-electron chi connectivity index (χ0n) is 16.8. The molecule has 32 heavy (non-hydrogen) atoms. The fraction of sp³-hybridized carbons (Fsp3) is 0.130. The maximum absolute atomic E-state index is 12.4. The Labute approximate surface area is 183 Å². The quantitative estimate of drug-likeness (QED) is 0.454. The molecule has 1 atom stereocenters. The second-order valence-corrected chi connectivity index (χ2v) is 7.04.